The number of amides is 1. The van der Waals surface area contributed by atoms with E-state index in [0.717, 1.165) is 24.1 Å². The van der Waals surface area contributed by atoms with E-state index in [2.05, 4.69) is 9.73 Å². The lowest BCUT2D eigenvalue weighted by atomic mass is 9.82. The third-order valence-electron chi connectivity index (χ3n) is 7.47. The molecule has 2 aromatic rings. The Morgan fingerprint density at radius 3 is 2.34 bits per heavy atom. The zero-order chi connectivity index (χ0) is 27.7. The van der Waals surface area contributed by atoms with Crippen molar-refractivity contribution < 1.29 is 27.1 Å². The average Bonchev–Trinajstić information content (AvgIpc) is 3.68. The van der Waals surface area contributed by atoms with Crippen molar-refractivity contribution in [2.45, 2.75) is 44.0 Å². The van der Waals surface area contributed by atoms with Crippen LogP contribution in [0, 0.1) is 11.7 Å². The highest BCUT2D eigenvalue weighted by molar-refractivity contribution is 6.07. The SMILES string of the molecule is CN=C(N=C(C)C1CC(c2ccc(OC(F)(F)F)cc2)CN(C(=O)C2(N(C)C)CC2)C1)c1cccc(F)c1. The molecule has 0 N–H and O–H groups in total. The van der Waals surface area contributed by atoms with Crippen LogP contribution in [-0.4, -0.2) is 73.4 Å². The summed E-state index contributed by atoms with van der Waals surface area (Å²) in [7, 11) is 5.40. The molecule has 2 unspecified atom stereocenters. The number of rotatable bonds is 6. The second kappa shape index (κ2) is 10.8. The van der Waals surface area contributed by atoms with Gasteiger partial charge in [0, 0.05) is 43.2 Å². The number of likely N-dealkylation sites (tertiary alicyclic amines) is 1. The van der Waals surface area contributed by atoms with E-state index >= 15 is 0 Å². The summed E-state index contributed by atoms with van der Waals surface area (Å²) in [6, 6.07) is 11.9. The predicted octanol–water partition coefficient (Wildman–Crippen LogP) is 5.29. The third-order valence-corrected chi connectivity index (χ3v) is 7.47. The number of nitrogens with zero attached hydrogens (tertiary/aromatic N) is 4. The van der Waals surface area contributed by atoms with Crippen LogP contribution in [0.1, 0.15) is 43.2 Å². The Morgan fingerprint density at radius 1 is 1.11 bits per heavy atom. The molecule has 2 atom stereocenters. The summed E-state index contributed by atoms with van der Waals surface area (Å²) < 4.78 is 55.7. The highest BCUT2D eigenvalue weighted by Crippen LogP contribution is 2.43. The third kappa shape index (κ3) is 6.23. The summed E-state index contributed by atoms with van der Waals surface area (Å²) in [5.74, 6) is -0.465. The maximum absolute atomic E-state index is 13.8. The standard InChI is InChI=1S/C28H32F4N4O2/c1-18(34-25(33-2)20-6-5-7-23(29)15-20)21-14-22(19-8-10-24(11-9-19)38-28(30,31)32)17-36(16-21)26(37)27(12-13-27)35(3)4/h5-11,15,21-22H,12-14,16-17H2,1-4H3. The summed E-state index contributed by atoms with van der Waals surface area (Å²) in [6.07, 6.45) is -2.55. The number of hydrogen-bond acceptors (Lipinski definition) is 4. The van der Waals surface area contributed by atoms with Crippen LogP contribution < -0.4 is 4.74 Å². The second-order valence-corrected chi connectivity index (χ2v) is 10.2. The molecule has 1 aliphatic carbocycles. The number of halogens is 4. The first-order chi connectivity index (χ1) is 17.9. The van der Waals surface area contributed by atoms with Gasteiger partial charge in [-0.15, -0.1) is 13.2 Å². The number of carbonyl (C=O) groups is 1. The number of aliphatic imine (C=N–C) groups is 2. The number of ether oxygens (including phenoxy) is 1. The molecule has 2 fully saturated rings. The molecule has 6 nitrogen and oxygen atoms in total. The summed E-state index contributed by atoms with van der Waals surface area (Å²) in [6.45, 7) is 2.80. The van der Waals surface area contributed by atoms with Crippen molar-refractivity contribution in [3.8, 4) is 5.75 Å². The van der Waals surface area contributed by atoms with E-state index in [1.54, 1.807) is 31.3 Å². The van der Waals surface area contributed by atoms with Crippen LogP contribution in [0.25, 0.3) is 0 Å². The van der Waals surface area contributed by atoms with Crippen LogP contribution in [0.3, 0.4) is 0 Å². The van der Waals surface area contributed by atoms with E-state index < -0.39 is 11.9 Å². The molecule has 0 bridgehead atoms. The van der Waals surface area contributed by atoms with Gasteiger partial charge in [0.25, 0.3) is 0 Å². The molecule has 4 rings (SSSR count). The predicted molar refractivity (Wildman–Crippen MR) is 138 cm³/mol. The Morgan fingerprint density at radius 2 is 1.79 bits per heavy atom. The minimum absolute atomic E-state index is 0.0523. The zero-order valence-corrected chi connectivity index (χ0v) is 21.9. The smallest absolute Gasteiger partial charge is 0.406 e. The van der Waals surface area contributed by atoms with Gasteiger partial charge in [0.05, 0.1) is 0 Å². The van der Waals surface area contributed by atoms with Gasteiger partial charge in [0.1, 0.15) is 17.1 Å². The van der Waals surface area contributed by atoms with Crippen molar-refractivity contribution in [1.82, 2.24) is 9.80 Å². The lowest BCUT2D eigenvalue weighted by molar-refractivity contribution is -0.274. The van der Waals surface area contributed by atoms with Crippen LogP contribution >= 0.6 is 0 Å². The van der Waals surface area contributed by atoms with Gasteiger partial charge in [-0.05, 0) is 70.1 Å². The molecule has 2 aromatic carbocycles. The first-order valence-corrected chi connectivity index (χ1v) is 12.5. The highest BCUT2D eigenvalue weighted by Gasteiger charge is 2.54. The molecule has 2 aliphatic rings. The van der Waals surface area contributed by atoms with Gasteiger partial charge in [-0.25, -0.2) is 9.38 Å². The average molecular weight is 533 g/mol. The topological polar surface area (TPSA) is 57.5 Å². The van der Waals surface area contributed by atoms with Gasteiger partial charge in [0.2, 0.25) is 5.91 Å². The number of hydrogen-bond donors (Lipinski definition) is 0. The number of likely N-dealkylation sites (N-methyl/N-ethyl adjacent to an activating group) is 1. The Kier molecular flexibility index (Phi) is 7.92. The first-order valence-electron chi connectivity index (χ1n) is 12.5. The van der Waals surface area contributed by atoms with Crippen molar-refractivity contribution in [3.05, 3.63) is 65.5 Å². The fourth-order valence-electron chi connectivity index (χ4n) is 5.15. The summed E-state index contributed by atoms with van der Waals surface area (Å²) in [4.78, 5) is 26.4. The molecule has 38 heavy (non-hydrogen) atoms. The van der Waals surface area contributed by atoms with Crippen molar-refractivity contribution in [2.75, 3.05) is 34.2 Å². The van der Waals surface area contributed by atoms with Gasteiger partial charge < -0.3 is 9.64 Å². The lowest BCUT2D eigenvalue weighted by Gasteiger charge is -2.41. The van der Waals surface area contributed by atoms with E-state index in [9.17, 15) is 22.4 Å². The summed E-state index contributed by atoms with van der Waals surface area (Å²) in [5, 5.41) is 0. The van der Waals surface area contributed by atoms with Crippen molar-refractivity contribution in [3.63, 3.8) is 0 Å². The van der Waals surface area contributed by atoms with Crippen LogP contribution in [0.4, 0.5) is 17.6 Å². The minimum atomic E-state index is -4.76. The van der Waals surface area contributed by atoms with Crippen molar-refractivity contribution >= 4 is 17.5 Å². The number of carbonyl (C=O) groups excluding carboxylic acids is 1. The Labute approximate surface area is 220 Å². The Bertz CT molecular complexity index is 1220. The van der Waals surface area contributed by atoms with Crippen LogP contribution in [0.2, 0.25) is 0 Å². The maximum Gasteiger partial charge on any atom is 0.573 e. The number of alkyl halides is 3. The van der Waals surface area contributed by atoms with Gasteiger partial charge >= 0.3 is 6.36 Å². The maximum atomic E-state index is 13.8. The Hall–Kier alpha value is -3.27. The van der Waals surface area contributed by atoms with E-state index in [1.807, 2.05) is 30.8 Å². The summed E-state index contributed by atoms with van der Waals surface area (Å²) in [5.41, 5.74) is 1.61. The van der Waals surface area contributed by atoms with E-state index in [0.29, 0.717) is 30.9 Å². The van der Waals surface area contributed by atoms with Crippen LogP contribution in [-0.2, 0) is 4.79 Å². The quantitative estimate of drug-likeness (QED) is 0.289. The normalized spacial score (nSPS) is 22.0. The van der Waals surface area contributed by atoms with E-state index in [4.69, 9.17) is 4.99 Å². The largest absolute Gasteiger partial charge is 0.573 e. The molecule has 1 heterocycles. The number of benzene rings is 2. The highest BCUT2D eigenvalue weighted by atomic mass is 19.4. The van der Waals surface area contributed by atoms with E-state index in [-0.39, 0.29) is 29.3 Å². The van der Waals surface area contributed by atoms with Gasteiger partial charge in [-0.1, -0.05) is 24.3 Å². The minimum Gasteiger partial charge on any atom is -0.406 e. The number of piperidine rings is 1. The van der Waals surface area contributed by atoms with Gasteiger partial charge in [-0.2, -0.15) is 0 Å². The molecule has 0 aromatic heterocycles. The van der Waals surface area contributed by atoms with Crippen molar-refractivity contribution in [1.29, 1.82) is 0 Å². The molecule has 204 valence electrons. The molecule has 1 saturated heterocycles. The van der Waals surface area contributed by atoms with Crippen LogP contribution in [0.15, 0.2) is 58.5 Å². The monoisotopic (exact) mass is 532 g/mol. The lowest BCUT2D eigenvalue weighted by Crippen LogP contribution is -2.53. The molecule has 0 spiro atoms. The fourth-order valence-corrected chi connectivity index (χ4v) is 5.15. The van der Waals surface area contributed by atoms with Crippen LogP contribution in [0.5, 0.6) is 5.75 Å². The zero-order valence-electron chi connectivity index (χ0n) is 21.9. The van der Waals surface area contributed by atoms with E-state index in [1.165, 1.54) is 24.3 Å². The Balaban J connectivity index is 1.62. The molecule has 0 radical (unpaired) electrons. The molecule has 1 aliphatic heterocycles. The fraction of sp³-hybridized carbons (Fsp3) is 0.464. The molecule has 1 amide bonds. The molecular formula is C28H32F4N4O2. The van der Waals surface area contributed by atoms with Crippen molar-refractivity contribution in [2.24, 2.45) is 15.9 Å². The molecular weight excluding hydrogens is 500 g/mol. The summed E-state index contributed by atoms with van der Waals surface area (Å²) >= 11 is 0. The van der Waals surface area contributed by atoms with Gasteiger partial charge in [-0.3, -0.25) is 14.7 Å². The molecule has 1 saturated carbocycles. The first kappa shape index (κ1) is 27.8. The molecule has 10 heteroatoms. The number of amidine groups is 1. The second-order valence-electron chi connectivity index (χ2n) is 10.2. The van der Waals surface area contributed by atoms with Gasteiger partial charge in [0.15, 0.2) is 5.84 Å².